The zero-order valence-corrected chi connectivity index (χ0v) is 11.2. The maximum Gasteiger partial charge on any atom is 0.389 e. The molecule has 0 aliphatic rings. The Morgan fingerprint density at radius 2 is 2.05 bits per heavy atom. The van der Waals surface area contributed by atoms with Crippen molar-refractivity contribution in [3.05, 3.63) is 46.0 Å². The molecule has 112 valence electrons. The molecule has 0 aliphatic heterocycles. The second-order valence-corrected chi connectivity index (χ2v) is 4.70. The standard InChI is InChI=1S/C14H13F3N2O2/c1-8-3-2-4-9(7-8)11-12(20)18-10(19-13(11)21)5-6-14(15,16)17/h2-4,7H,5-6H2,1H3,(H2,18,19,20,21). The molecule has 0 saturated heterocycles. The van der Waals surface area contributed by atoms with E-state index in [1.165, 1.54) is 0 Å². The van der Waals surface area contributed by atoms with Gasteiger partial charge in [-0.2, -0.15) is 18.2 Å². The first-order valence-electron chi connectivity index (χ1n) is 6.22. The van der Waals surface area contributed by atoms with E-state index in [1.54, 1.807) is 18.2 Å². The summed E-state index contributed by atoms with van der Waals surface area (Å²) in [5.41, 5.74) is 0.635. The molecule has 0 atom stereocenters. The van der Waals surface area contributed by atoms with Gasteiger partial charge < -0.3 is 10.1 Å². The smallest absolute Gasteiger partial charge is 0.389 e. The van der Waals surface area contributed by atoms with E-state index in [2.05, 4.69) is 9.97 Å². The number of aromatic nitrogens is 2. The number of H-pyrrole nitrogens is 1. The number of hydrogen-bond acceptors (Lipinski definition) is 3. The monoisotopic (exact) mass is 298 g/mol. The van der Waals surface area contributed by atoms with Gasteiger partial charge >= 0.3 is 6.18 Å². The number of nitrogens with one attached hydrogen (secondary N) is 1. The van der Waals surface area contributed by atoms with Gasteiger partial charge in [-0.05, 0) is 12.5 Å². The van der Waals surface area contributed by atoms with E-state index in [0.29, 0.717) is 5.56 Å². The fourth-order valence-corrected chi connectivity index (χ4v) is 1.95. The molecule has 0 unspecified atom stereocenters. The number of alkyl halides is 3. The number of aromatic hydroxyl groups is 1. The van der Waals surface area contributed by atoms with Crippen molar-refractivity contribution in [1.29, 1.82) is 0 Å². The molecular formula is C14H13F3N2O2. The highest BCUT2D eigenvalue weighted by atomic mass is 19.4. The second-order valence-electron chi connectivity index (χ2n) is 4.70. The van der Waals surface area contributed by atoms with Crippen molar-refractivity contribution in [2.75, 3.05) is 0 Å². The molecule has 0 aliphatic carbocycles. The zero-order chi connectivity index (χ0) is 15.6. The van der Waals surface area contributed by atoms with E-state index in [1.807, 2.05) is 13.0 Å². The van der Waals surface area contributed by atoms with E-state index >= 15 is 0 Å². The van der Waals surface area contributed by atoms with E-state index in [-0.39, 0.29) is 11.4 Å². The fraction of sp³-hybridized carbons (Fsp3) is 0.286. The van der Waals surface area contributed by atoms with Crippen LogP contribution in [0.2, 0.25) is 0 Å². The first-order valence-corrected chi connectivity index (χ1v) is 6.22. The van der Waals surface area contributed by atoms with Crippen LogP contribution in [0.25, 0.3) is 11.1 Å². The van der Waals surface area contributed by atoms with Crippen LogP contribution < -0.4 is 5.56 Å². The van der Waals surface area contributed by atoms with Gasteiger partial charge in [-0.1, -0.05) is 29.8 Å². The predicted molar refractivity (Wildman–Crippen MR) is 71.1 cm³/mol. The van der Waals surface area contributed by atoms with Gasteiger partial charge in [0.15, 0.2) is 0 Å². The minimum absolute atomic E-state index is 0.0468. The molecule has 0 radical (unpaired) electrons. The molecule has 2 N–H and O–H groups in total. The van der Waals surface area contributed by atoms with Gasteiger partial charge in [-0.3, -0.25) is 4.79 Å². The van der Waals surface area contributed by atoms with Crippen molar-refractivity contribution < 1.29 is 18.3 Å². The van der Waals surface area contributed by atoms with Crippen LogP contribution in [-0.4, -0.2) is 21.3 Å². The SMILES string of the molecule is Cc1cccc(-c2c(O)nc(CCC(F)(F)F)[nH]c2=O)c1. The summed E-state index contributed by atoms with van der Waals surface area (Å²) < 4.78 is 36.4. The summed E-state index contributed by atoms with van der Waals surface area (Å²) in [5.74, 6) is -0.757. The molecule has 7 heteroatoms. The molecule has 21 heavy (non-hydrogen) atoms. The Labute approximate surface area is 118 Å². The Morgan fingerprint density at radius 3 is 2.62 bits per heavy atom. The predicted octanol–water partition coefficient (Wildman–Crippen LogP) is 2.95. The number of rotatable bonds is 3. The topological polar surface area (TPSA) is 66.0 Å². The third-order valence-corrected chi connectivity index (χ3v) is 2.90. The van der Waals surface area contributed by atoms with Gasteiger partial charge in [0, 0.05) is 6.42 Å². The maximum atomic E-state index is 12.1. The van der Waals surface area contributed by atoms with Crippen LogP contribution in [-0.2, 0) is 6.42 Å². The van der Waals surface area contributed by atoms with Crippen molar-refractivity contribution in [3.8, 4) is 17.0 Å². The minimum Gasteiger partial charge on any atom is -0.493 e. The van der Waals surface area contributed by atoms with E-state index in [0.717, 1.165) is 5.56 Å². The number of halogens is 3. The highest BCUT2D eigenvalue weighted by Gasteiger charge is 2.27. The van der Waals surface area contributed by atoms with Crippen molar-refractivity contribution in [2.24, 2.45) is 0 Å². The molecule has 4 nitrogen and oxygen atoms in total. The van der Waals surface area contributed by atoms with E-state index in [4.69, 9.17) is 0 Å². The first-order chi connectivity index (χ1) is 9.76. The third kappa shape index (κ3) is 3.84. The molecule has 1 heterocycles. The van der Waals surface area contributed by atoms with Crippen molar-refractivity contribution in [1.82, 2.24) is 9.97 Å². The van der Waals surface area contributed by atoms with Gasteiger partial charge in [0.25, 0.3) is 5.56 Å². The molecule has 0 amide bonds. The largest absolute Gasteiger partial charge is 0.493 e. The summed E-state index contributed by atoms with van der Waals surface area (Å²) in [5, 5.41) is 9.83. The lowest BCUT2D eigenvalue weighted by Gasteiger charge is -2.08. The molecule has 0 fully saturated rings. The summed E-state index contributed by atoms with van der Waals surface area (Å²) in [6.45, 7) is 1.82. The van der Waals surface area contributed by atoms with Gasteiger partial charge in [0.1, 0.15) is 11.4 Å². The van der Waals surface area contributed by atoms with Crippen LogP contribution in [0.4, 0.5) is 13.2 Å². The average Bonchev–Trinajstić information content (AvgIpc) is 2.35. The fourth-order valence-electron chi connectivity index (χ4n) is 1.95. The van der Waals surface area contributed by atoms with Crippen LogP contribution >= 0.6 is 0 Å². The van der Waals surface area contributed by atoms with Gasteiger partial charge in [0.05, 0.1) is 6.42 Å². The summed E-state index contributed by atoms with van der Waals surface area (Å²) in [7, 11) is 0. The summed E-state index contributed by atoms with van der Waals surface area (Å²) in [4.78, 5) is 17.9. The van der Waals surface area contributed by atoms with E-state index < -0.39 is 30.5 Å². The number of aromatic amines is 1. The van der Waals surface area contributed by atoms with Crippen LogP contribution in [0, 0.1) is 6.92 Å². The lowest BCUT2D eigenvalue weighted by Crippen LogP contribution is -2.16. The summed E-state index contributed by atoms with van der Waals surface area (Å²) >= 11 is 0. The lowest BCUT2D eigenvalue weighted by atomic mass is 10.1. The molecule has 0 spiro atoms. The highest BCUT2D eigenvalue weighted by molar-refractivity contribution is 5.67. The first kappa shape index (κ1) is 15.1. The van der Waals surface area contributed by atoms with Crippen LogP contribution in [0.1, 0.15) is 17.8 Å². The Hall–Kier alpha value is -2.31. The van der Waals surface area contributed by atoms with Crippen LogP contribution in [0.15, 0.2) is 29.1 Å². The number of hydrogen-bond donors (Lipinski definition) is 2. The quantitative estimate of drug-likeness (QED) is 0.915. The molecular weight excluding hydrogens is 285 g/mol. The van der Waals surface area contributed by atoms with Crippen molar-refractivity contribution >= 4 is 0 Å². The molecule has 0 bridgehead atoms. The van der Waals surface area contributed by atoms with Gasteiger partial charge in [-0.15, -0.1) is 0 Å². The lowest BCUT2D eigenvalue weighted by molar-refractivity contribution is -0.134. The minimum atomic E-state index is -4.34. The Kier molecular flexibility index (Phi) is 4.02. The van der Waals surface area contributed by atoms with Crippen molar-refractivity contribution in [3.63, 3.8) is 0 Å². The van der Waals surface area contributed by atoms with Crippen LogP contribution in [0.3, 0.4) is 0 Å². The van der Waals surface area contributed by atoms with Crippen LogP contribution in [0.5, 0.6) is 5.88 Å². The Bertz CT molecular complexity index is 708. The second kappa shape index (κ2) is 5.59. The van der Waals surface area contributed by atoms with Gasteiger partial charge in [-0.25, -0.2) is 0 Å². The van der Waals surface area contributed by atoms with E-state index in [9.17, 15) is 23.1 Å². The zero-order valence-electron chi connectivity index (χ0n) is 11.2. The summed E-state index contributed by atoms with van der Waals surface area (Å²) in [6.07, 6.45) is -5.94. The Morgan fingerprint density at radius 1 is 1.33 bits per heavy atom. The molecule has 1 aromatic heterocycles. The Balaban J connectivity index is 2.36. The van der Waals surface area contributed by atoms with Crippen molar-refractivity contribution in [2.45, 2.75) is 25.9 Å². The molecule has 2 rings (SSSR count). The highest BCUT2D eigenvalue weighted by Crippen LogP contribution is 2.25. The average molecular weight is 298 g/mol. The maximum absolute atomic E-state index is 12.1. The summed E-state index contributed by atoms with van der Waals surface area (Å²) in [6, 6.07) is 6.83. The normalized spacial score (nSPS) is 11.6. The number of nitrogens with zero attached hydrogens (tertiary/aromatic N) is 1. The molecule has 0 saturated carbocycles. The number of aryl methyl sites for hydroxylation is 2. The third-order valence-electron chi connectivity index (χ3n) is 2.90. The number of benzene rings is 1. The molecule has 2 aromatic rings. The van der Waals surface area contributed by atoms with Gasteiger partial charge in [0.2, 0.25) is 5.88 Å². The molecule has 1 aromatic carbocycles.